The molecule has 0 aliphatic carbocycles. The first-order valence-corrected chi connectivity index (χ1v) is 9.03. The van der Waals surface area contributed by atoms with E-state index in [1.54, 1.807) is 14.0 Å². The summed E-state index contributed by atoms with van der Waals surface area (Å²) in [6.07, 6.45) is 1.90. The molecule has 2 aromatic rings. The second-order valence-electron chi connectivity index (χ2n) is 6.31. The summed E-state index contributed by atoms with van der Waals surface area (Å²) in [5.74, 6) is 0.537. The van der Waals surface area contributed by atoms with E-state index < -0.39 is 15.6 Å². The fourth-order valence-electron chi connectivity index (χ4n) is 3.31. The van der Waals surface area contributed by atoms with Crippen LogP contribution in [0.25, 0.3) is 0 Å². The van der Waals surface area contributed by atoms with Gasteiger partial charge in [-0.1, -0.05) is 0 Å². The molecule has 24 heavy (non-hydrogen) atoms. The van der Waals surface area contributed by atoms with E-state index in [0.717, 1.165) is 0 Å². The van der Waals surface area contributed by atoms with Crippen LogP contribution in [0.2, 0.25) is 0 Å². The number of nitrogens with zero attached hydrogens (tertiary/aromatic N) is 5. The third-order valence-corrected chi connectivity index (χ3v) is 6.83. The molecule has 130 valence electrons. The zero-order valence-electron chi connectivity index (χ0n) is 13.4. The van der Waals surface area contributed by atoms with E-state index in [1.807, 2.05) is 0 Å². The van der Waals surface area contributed by atoms with Gasteiger partial charge in [-0.05, 0) is 13.3 Å². The van der Waals surface area contributed by atoms with E-state index in [4.69, 9.17) is 4.74 Å². The van der Waals surface area contributed by atoms with E-state index in [2.05, 4.69) is 15.3 Å². The Kier molecular flexibility index (Phi) is 3.24. The third-order valence-electron chi connectivity index (χ3n) is 4.88. The molecule has 0 radical (unpaired) electrons. The third kappa shape index (κ3) is 2.15. The second-order valence-corrected chi connectivity index (χ2v) is 8.22. The Bertz CT molecular complexity index is 958. The number of fused-ring (bicyclic) bond motifs is 1. The first-order valence-electron chi connectivity index (χ1n) is 7.59. The fraction of sp³-hybridized carbons (Fsp3) is 0.615. The highest BCUT2D eigenvalue weighted by Crippen LogP contribution is 2.34. The van der Waals surface area contributed by atoms with Gasteiger partial charge in [0.1, 0.15) is 17.1 Å². The second kappa shape index (κ2) is 5.01. The molecule has 2 aliphatic rings. The minimum atomic E-state index is -3.64. The summed E-state index contributed by atoms with van der Waals surface area (Å²) < 4.78 is 36.1. The maximum Gasteiger partial charge on any atom is 0.343 e. The zero-order chi connectivity index (χ0) is 17.1. The lowest BCUT2D eigenvalue weighted by atomic mass is 10.0. The Balaban J connectivity index is 1.62. The lowest BCUT2D eigenvalue weighted by molar-refractivity contribution is -0.0800. The fourth-order valence-corrected chi connectivity index (χ4v) is 5.01. The summed E-state index contributed by atoms with van der Waals surface area (Å²) in [6, 6.07) is 0. The molecule has 2 aliphatic heterocycles. The molecule has 1 spiro atoms. The van der Waals surface area contributed by atoms with Crippen molar-refractivity contribution in [1.82, 2.24) is 28.9 Å². The number of nitrogens with one attached hydrogen (secondary N) is 1. The minimum Gasteiger partial charge on any atom is -0.364 e. The Hall–Kier alpha value is -1.98. The van der Waals surface area contributed by atoms with E-state index >= 15 is 0 Å². The van der Waals surface area contributed by atoms with Gasteiger partial charge >= 0.3 is 5.69 Å². The van der Waals surface area contributed by atoms with Gasteiger partial charge < -0.3 is 4.74 Å². The molecular weight excluding hydrogens is 336 g/mol. The van der Waals surface area contributed by atoms with Crippen molar-refractivity contribution in [1.29, 1.82) is 0 Å². The van der Waals surface area contributed by atoms with Crippen molar-refractivity contribution in [2.24, 2.45) is 7.05 Å². The molecule has 11 heteroatoms. The molecule has 0 amide bonds. The average Bonchev–Trinajstić information content (AvgIpc) is 3.21. The Labute approximate surface area is 138 Å². The molecule has 0 aromatic carbocycles. The SMILES string of the molecule is Cc1c(S(=O)(=O)N2CCC3(C2)Cn2c(n[nH]c2=O)CO3)cnn1C. The van der Waals surface area contributed by atoms with Crippen molar-refractivity contribution < 1.29 is 13.2 Å². The van der Waals surface area contributed by atoms with Gasteiger partial charge in [-0.2, -0.15) is 14.5 Å². The lowest BCUT2D eigenvalue weighted by Crippen LogP contribution is -2.47. The standard InChI is InChI=1S/C13H18N6O4S/c1-9-10(5-14-17(9)2)24(21,22)18-4-3-13(7-18)8-19-11(6-23-13)15-16-12(19)20/h5H,3-4,6-8H2,1-2H3,(H,16,20). The van der Waals surface area contributed by atoms with Crippen LogP contribution in [0, 0.1) is 6.92 Å². The molecule has 1 fully saturated rings. The van der Waals surface area contributed by atoms with Gasteiger partial charge in [-0.25, -0.2) is 18.3 Å². The average molecular weight is 354 g/mol. The molecule has 4 rings (SSSR count). The topological polar surface area (TPSA) is 115 Å². The van der Waals surface area contributed by atoms with Crippen LogP contribution in [-0.4, -0.2) is 56.0 Å². The van der Waals surface area contributed by atoms with Gasteiger partial charge in [-0.3, -0.25) is 9.25 Å². The number of aryl methyl sites for hydroxylation is 1. The van der Waals surface area contributed by atoms with Crippen molar-refractivity contribution in [2.75, 3.05) is 13.1 Å². The predicted molar refractivity (Wildman–Crippen MR) is 81.7 cm³/mol. The molecule has 1 N–H and O–H groups in total. The maximum absolute atomic E-state index is 12.9. The Morgan fingerprint density at radius 1 is 1.38 bits per heavy atom. The van der Waals surface area contributed by atoms with Crippen LogP contribution in [0.3, 0.4) is 0 Å². The van der Waals surface area contributed by atoms with E-state index in [-0.39, 0.29) is 23.7 Å². The van der Waals surface area contributed by atoms with Gasteiger partial charge in [-0.15, -0.1) is 0 Å². The predicted octanol–water partition coefficient (Wildman–Crippen LogP) is -1.02. The zero-order valence-corrected chi connectivity index (χ0v) is 14.2. The summed E-state index contributed by atoms with van der Waals surface area (Å²) in [7, 11) is -1.93. The quantitative estimate of drug-likeness (QED) is 0.738. The Morgan fingerprint density at radius 2 is 2.17 bits per heavy atom. The molecule has 1 atom stereocenters. The number of aromatic nitrogens is 5. The van der Waals surface area contributed by atoms with Crippen LogP contribution < -0.4 is 5.69 Å². The van der Waals surface area contributed by atoms with Gasteiger partial charge in [0.15, 0.2) is 5.82 Å². The van der Waals surface area contributed by atoms with Crippen LogP contribution in [0.1, 0.15) is 17.9 Å². The van der Waals surface area contributed by atoms with Crippen LogP contribution in [0.4, 0.5) is 0 Å². The summed E-state index contributed by atoms with van der Waals surface area (Å²) in [6.45, 7) is 2.77. The van der Waals surface area contributed by atoms with Crippen molar-refractivity contribution in [2.45, 2.75) is 37.0 Å². The summed E-state index contributed by atoms with van der Waals surface area (Å²) in [5.41, 5.74) is -0.393. The molecule has 1 unspecified atom stereocenters. The Morgan fingerprint density at radius 3 is 2.88 bits per heavy atom. The maximum atomic E-state index is 12.9. The summed E-state index contributed by atoms with van der Waals surface area (Å²) >= 11 is 0. The van der Waals surface area contributed by atoms with Crippen LogP contribution in [0.15, 0.2) is 15.9 Å². The first-order chi connectivity index (χ1) is 11.3. The van der Waals surface area contributed by atoms with Crippen molar-refractivity contribution >= 4 is 10.0 Å². The van der Waals surface area contributed by atoms with Gasteiger partial charge in [0, 0.05) is 20.1 Å². The van der Waals surface area contributed by atoms with Gasteiger partial charge in [0.05, 0.1) is 18.4 Å². The molecule has 10 nitrogen and oxygen atoms in total. The lowest BCUT2D eigenvalue weighted by Gasteiger charge is -2.33. The number of aromatic amines is 1. The highest BCUT2D eigenvalue weighted by Gasteiger charge is 2.47. The van der Waals surface area contributed by atoms with Crippen LogP contribution in [-0.2, 0) is 35.0 Å². The van der Waals surface area contributed by atoms with Crippen molar-refractivity contribution in [3.8, 4) is 0 Å². The highest BCUT2D eigenvalue weighted by molar-refractivity contribution is 7.89. The molecule has 2 aromatic heterocycles. The van der Waals surface area contributed by atoms with Crippen molar-refractivity contribution in [3.63, 3.8) is 0 Å². The highest BCUT2D eigenvalue weighted by atomic mass is 32.2. The van der Waals surface area contributed by atoms with Crippen molar-refractivity contribution in [3.05, 3.63) is 28.2 Å². The van der Waals surface area contributed by atoms with Gasteiger partial charge in [0.25, 0.3) is 0 Å². The summed E-state index contributed by atoms with van der Waals surface area (Å²) in [5, 5.41) is 10.3. The number of hydrogen-bond donors (Lipinski definition) is 1. The number of sulfonamides is 1. The molecule has 0 saturated carbocycles. The van der Waals surface area contributed by atoms with Crippen LogP contribution >= 0.6 is 0 Å². The van der Waals surface area contributed by atoms with Gasteiger partial charge in [0.2, 0.25) is 10.0 Å². The number of hydrogen-bond acceptors (Lipinski definition) is 6. The first kappa shape index (κ1) is 15.5. The number of H-pyrrole nitrogens is 1. The molecule has 4 heterocycles. The van der Waals surface area contributed by atoms with E-state index in [0.29, 0.717) is 31.0 Å². The van der Waals surface area contributed by atoms with E-state index in [1.165, 1.54) is 19.8 Å². The number of ether oxygens (including phenoxy) is 1. The minimum absolute atomic E-state index is 0.193. The summed E-state index contributed by atoms with van der Waals surface area (Å²) in [4.78, 5) is 12.0. The normalized spacial score (nSPS) is 24.6. The molecule has 1 saturated heterocycles. The molecule has 0 bridgehead atoms. The smallest absolute Gasteiger partial charge is 0.343 e. The number of rotatable bonds is 2. The molecular formula is C13H18N6O4S. The van der Waals surface area contributed by atoms with E-state index in [9.17, 15) is 13.2 Å². The largest absolute Gasteiger partial charge is 0.364 e. The monoisotopic (exact) mass is 354 g/mol. The van der Waals surface area contributed by atoms with Crippen LogP contribution in [0.5, 0.6) is 0 Å².